The van der Waals surface area contributed by atoms with Crippen LogP contribution in [0.15, 0.2) is 18.2 Å². The molecule has 2 rings (SSSR count). The summed E-state index contributed by atoms with van der Waals surface area (Å²) in [5.41, 5.74) is 6.02. The van der Waals surface area contributed by atoms with Gasteiger partial charge in [-0.1, -0.05) is 6.07 Å². The molecule has 3 N–H and O–H groups in total. The quantitative estimate of drug-likeness (QED) is 0.809. The summed E-state index contributed by atoms with van der Waals surface area (Å²) in [6, 6.07) is 4.38. The lowest BCUT2D eigenvalue weighted by Gasteiger charge is -2.14. The molecule has 0 saturated heterocycles. The van der Waals surface area contributed by atoms with Gasteiger partial charge < -0.3 is 10.8 Å². The number of rotatable bonds is 3. The first kappa shape index (κ1) is 10.4. The maximum atomic E-state index is 12.5. The highest BCUT2D eigenvalue weighted by Crippen LogP contribution is 2.48. The van der Waals surface area contributed by atoms with Crippen molar-refractivity contribution >= 4 is 0 Å². The lowest BCUT2D eigenvalue weighted by molar-refractivity contribution is 0.147. The van der Waals surface area contributed by atoms with Crippen molar-refractivity contribution in [3.8, 4) is 5.75 Å². The third kappa shape index (κ3) is 1.69. The Morgan fingerprint density at radius 1 is 1.40 bits per heavy atom. The van der Waals surface area contributed by atoms with Crippen LogP contribution in [0.1, 0.15) is 30.4 Å². The van der Waals surface area contributed by atoms with Gasteiger partial charge in [0.25, 0.3) is 6.43 Å². The summed E-state index contributed by atoms with van der Waals surface area (Å²) in [4.78, 5) is 0. The smallest absolute Gasteiger partial charge is 0.267 e. The SMILES string of the molecule is NCC1(c2ccc(O)c(C(F)F)c2)CC1. The van der Waals surface area contributed by atoms with E-state index in [0.717, 1.165) is 18.4 Å². The highest BCUT2D eigenvalue weighted by molar-refractivity contribution is 5.42. The Balaban J connectivity index is 2.39. The fourth-order valence-corrected chi connectivity index (χ4v) is 1.82. The average molecular weight is 213 g/mol. The van der Waals surface area contributed by atoms with Gasteiger partial charge in [0.15, 0.2) is 0 Å². The van der Waals surface area contributed by atoms with E-state index in [1.807, 2.05) is 0 Å². The molecule has 1 fully saturated rings. The minimum atomic E-state index is -2.64. The Morgan fingerprint density at radius 2 is 2.07 bits per heavy atom. The van der Waals surface area contributed by atoms with Gasteiger partial charge >= 0.3 is 0 Å². The monoisotopic (exact) mass is 213 g/mol. The first-order chi connectivity index (χ1) is 7.09. The highest BCUT2D eigenvalue weighted by Gasteiger charge is 2.43. The number of alkyl halides is 2. The van der Waals surface area contributed by atoms with Gasteiger partial charge in [-0.3, -0.25) is 0 Å². The lowest BCUT2D eigenvalue weighted by atomic mass is 9.94. The summed E-state index contributed by atoms with van der Waals surface area (Å²) < 4.78 is 25.1. The van der Waals surface area contributed by atoms with E-state index in [0.29, 0.717) is 6.54 Å². The second-order valence-corrected chi connectivity index (χ2v) is 4.06. The van der Waals surface area contributed by atoms with Crippen LogP contribution >= 0.6 is 0 Å². The first-order valence-corrected chi connectivity index (χ1v) is 4.91. The lowest BCUT2D eigenvalue weighted by Crippen LogP contribution is -2.19. The zero-order chi connectivity index (χ0) is 11.1. The number of benzene rings is 1. The van der Waals surface area contributed by atoms with Crippen LogP contribution in [0, 0.1) is 0 Å². The maximum Gasteiger partial charge on any atom is 0.267 e. The summed E-state index contributed by atoms with van der Waals surface area (Å²) in [6.45, 7) is 0.473. The van der Waals surface area contributed by atoms with E-state index in [1.165, 1.54) is 12.1 Å². The van der Waals surface area contributed by atoms with Crippen LogP contribution < -0.4 is 5.73 Å². The van der Waals surface area contributed by atoms with Gasteiger partial charge in [0.05, 0.1) is 5.56 Å². The molecule has 0 radical (unpaired) electrons. The molecule has 1 saturated carbocycles. The summed E-state index contributed by atoms with van der Waals surface area (Å²) in [7, 11) is 0. The zero-order valence-electron chi connectivity index (χ0n) is 8.21. The number of phenolic OH excluding ortho intramolecular Hbond substituents is 1. The van der Waals surface area contributed by atoms with Crippen LogP contribution in [0.3, 0.4) is 0 Å². The molecule has 4 heteroatoms. The standard InChI is InChI=1S/C11H13F2NO/c12-10(13)8-5-7(1-2-9(8)15)11(6-14)3-4-11/h1-2,5,10,15H,3-4,6,14H2. The Morgan fingerprint density at radius 3 is 2.53 bits per heavy atom. The van der Waals surface area contributed by atoms with Gasteiger partial charge in [-0.15, -0.1) is 0 Å². The predicted octanol–water partition coefficient (Wildman–Crippen LogP) is 2.32. The Hall–Kier alpha value is -1.16. The molecule has 1 aliphatic rings. The zero-order valence-corrected chi connectivity index (χ0v) is 8.21. The van der Waals surface area contributed by atoms with Crippen molar-refractivity contribution in [2.75, 3.05) is 6.54 Å². The van der Waals surface area contributed by atoms with E-state index in [4.69, 9.17) is 5.73 Å². The maximum absolute atomic E-state index is 12.5. The third-order valence-corrected chi connectivity index (χ3v) is 3.12. The molecule has 0 unspecified atom stereocenters. The van der Waals surface area contributed by atoms with Gasteiger partial charge in [-0.05, 0) is 30.5 Å². The molecule has 2 nitrogen and oxygen atoms in total. The van der Waals surface area contributed by atoms with Gasteiger partial charge in [-0.25, -0.2) is 8.78 Å². The van der Waals surface area contributed by atoms with Gasteiger partial charge in [-0.2, -0.15) is 0 Å². The Labute approximate surface area is 86.7 Å². The number of halogens is 2. The van der Waals surface area contributed by atoms with Crippen LogP contribution in [0.25, 0.3) is 0 Å². The summed E-state index contributed by atoms with van der Waals surface area (Å²) in [5, 5.41) is 9.25. The Bertz CT molecular complexity index is 375. The number of nitrogens with two attached hydrogens (primary N) is 1. The molecule has 0 heterocycles. The van der Waals surface area contributed by atoms with Crippen LogP contribution in [0.5, 0.6) is 5.75 Å². The van der Waals surface area contributed by atoms with Crippen molar-refractivity contribution in [1.82, 2.24) is 0 Å². The fraction of sp³-hybridized carbons (Fsp3) is 0.455. The molecule has 0 bridgehead atoms. The first-order valence-electron chi connectivity index (χ1n) is 4.91. The van der Waals surface area contributed by atoms with Crippen molar-refractivity contribution in [2.24, 2.45) is 5.73 Å². The van der Waals surface area contributed by atoms with E-state index in [9.17, 15) is 13.9 Å². The van der Waals surface area contributed by atoms with Crippen LogP contribution in [0.4, 0.5) is 8.78 Å². The van der Waals surface area contributed by atoms with E-state index < -0.39 is 6.43 Å². The molecule has 0 spiro atoms. The number of hydrogen-bond acceptors (Lipinski definition) is 2. The molecule has 0 amide bonds. The van der Waals surface area contributed by atoms with Gasteiger partial charge in [0.1, 0.15) is 5.75 Å². The molecular weight excluding hydrogens is 200 g/mol. The second-order valence-electron chi connectivity index (χ2n) is 4.06. The van der Waals surface area contributed by atoms with Gasteiger partial charge in [0.2, 0.25) is 0 Å². The average Bonchev–Trinajstić information content (AvgIpc) is 2.99. The fourth-order valence-electron chi connectivity index (χ4n) is 1.82. The summed E-state index contributed by atoms with van der Waals surface area (Å²) >= 11 is 0. The van der Waals surface area contributed by atoms with E-state index in [1.54, 1.807) is 6.07 Å². The molecular formula is C11H13F2NO. The molecule has 82 valence electrons. The Kier molecular flexibility index (Phi) is 2.38. The van der Waals surface area contributed by atoms with Crippen molar-refractivity contribution in [2.45, 2.75) is 24.7 Å². The van der Waals surface area contributed by atoms with Crippen LogP contribution in [0.2, 0.25) is 0 Å². The van der Waals surface area contributed by atoms with Crippen molar-refractivity contribution in [1.29, 1.82) is 0 Å². The van der Waals surface area contributed by atoms with E-state index in [-0.39, 0.29) is 16.7 Å². The second kappa shape index (κ2) is 3.45. The van der Waals surface area contributed by atoms with Gasteiger partial charge in [0, 0.05) is 12.0 Å². The molecule has 1 aromatic rings. The normalized spacial score (nSPS) is 18.1. The van der Waals surface area contributed by atoms with Crippen molar-refractivity contribution in [3.63, 3.8) is 0 Å². The number of aromatic hydroxyl groups is 1. The minimum Gasteiger partial charge on any atom is -0.507 e. The molecule has 15 heavy (non-hydrogen) atoms. The topological polar surface area (TPSA) is 46.2 Å². The third-order valence-electron chi connectivity index (χ3n) is 3.12. The number of phenols is 1. The van der Waals surface area contributed by atoms with E-state index >= 15 is 0 Å². The largest absolute Gasteiger partial charge is 0.507 e. The van der Waals surface area contributed by atoms with E-state index in [2.05, 4.69) is 0 Å². The minimum absolute atomic E-state index is 0.114. The molecule has 0 atom stereocenters. The summed E-state index contributed by atoms with van der Waals surface area (Å²) in [5.74, 6) is -0.346. The van der Waals surface area contributed by atoms with Crippen molar-refractivity contribution in [3.05, 3.63) is 29.3 Å². The highest BCUT2D eigenvalue weighted by atomic mass is 19.3. The molecule has 0 aromatic heterocycles. The van der Waals surface area contributed by atoms with Crippen LogP contribution in [-0.4, -0.2) is 11.7 Å². The van der Waals surface area contributed by atoms with Crippen LogP contribution in [-0.2, 0) is 5.41 Å². The predicted molar refractivity (Wildman–Crippen MR) is 53.0 cm³/mol. The summed E-state index contributed by atoms with van der Waals surface area (Å²) in [6.07, 6.45) is -0.757. The molecule has 1 aromatic carbocycles. The molecule has 0 aliphatic heterocycles. The number of hydrogen-bond donors (Lipinski definition) is 2. The molecule has 1 aliphatic carbocycles. The van der Waals surface area contributed by atoms with Crippen molar-refractivity contribution < 1.29 is 13.9 Å².